The molecule has 0 atom stereocenters. The molecule has 0 fully saturated rings. The normalized spacial score (nSPS) is 11.2. The number of rotatable bonds is 6. The van der Waals surface area contributed by atoms with Crippen molar-refractivity contribution in [2.75, 3.05) is 0 Å². The monoisotopic (exact) mass is 510 g/mol. The van der Waals surface area contributed by atoms with Crippen LogP contribution in [0.5, 0.6) is 0 Å². The zero-order valence-electron chi connectivity index (χ0n) is 17.7. The van der Waals surface area contributed by atoms with Crippen LogP contribution in [0.1, 0.15) is 11.1 Å². The second kappa shape index (κ2) is 11.9. The molecule has 1 N–H and O–H groups in total. The Bertz CT molecular complexity index is 1230. The molecule has 3 aromatic rings. The Labute approximate surface area is 201 Å². The second-order valence-corrected chi connectivity index (χ2v) is 8.88. The summed E-state index contributed by atoms with van der Waals surface area (Å²) in [7, 11) is -5.84. The summed E-state index contributed by atoms with van der Waals surface area (Å²) in [6.07, 6.45) is 0.441. The average molecular weight is 511 g/mol. The molecule has 3 aromatic carbocycles. The van der Waals surface area contributed by atoms with Crippen LogP contribution in [0.25, 0.3) is 11.1 Å². The van der Waals surface area contributed by atoms with Crippen LogP contribution in [0.3, 0.4) is 0 Å². The molecular formula is C24H21F3O5S2. The van der Waals surface area contributed by atoms with Crippen LogP contribution in [0.4, 0.5) is 13.2 Å². The number of alkyl halides is 3. The number of hydrogen-bond donors (Lipinski definition) is 2. The lowest BCUT2D eigenvalue weighted by atomic mass is 10.0. The SMILES string of the molecule is C=C(Cc1ccc(-c2ccccc2)c(S)c1)C(=O)OCc1ccccc1.O=S(=O)(O)C(F)(F)F. The van der Waals surface area contributed by atoms with E-state index in [-0.39, 0.29) is 12.6 Å². The minimum absolute atomic E-state index is 0.253. The first-order valence-electron chi connectivity index (χ1n) is 9.68. The number of hydrogen-bond acceptors (Lipinski definition) is 5. The summed E-state index contributed by atoms with van der Waals surface area (Å²) in [5, 5.41) is 0. The maximum absolute atomic E-state index is 12.2. The molecule has 0 amide bonds. The Morgan fingerprint density at radius 2 is 1.47 bits per heavy atom. The molecule has 3 rings (SSSR count). The van der Waals surface area contributed by atoms with Crippen molar-refractivity contribution in [3.63, 3.8) is 0 Å². The summed E-state index contributed by atoms with van der Waals surface area (Å²) < 4.78 is 62.9. The Balaban J connectivity index is 0.000000440. The maximum Gasteiger partial charge on any atom is 0.522 e. The molecule has 0 radical (unpaired) electrons. The van der Waals surface area contributed by atoms with Crippen LogP contribution >= 0.6 is 12.6 Å². The quantitative estimate of drug-likeness (QED) is 0.142. The fourth-order valence-electron chi connectivity index (χ4n) is 2.69. The van der Waals surface area contributed by atoms with Crippen molar-refractivity contribution in [2.24, 2.45) is 0 Å². The van der Waals surface area contributed by atoms with E-state index in [2.05, 4.69) is 31.3 Å². The summed E-state index contributed by atoms with van der Waals surface area (Å²) in [5.41, 5.74) is -0.983. The number of benzene rings is 3. The van der Waals surface area contributed by atoms with Crippen LogP contribution in [0.2, 0.25) is 0 Å². The molecule has 0 aliphatic carbocycles. The van der Waals surface area contributed by atoms with Gasteiger partial charge in [0.05, 0.1) is 0 Å². The lowest BCUT2D eigenvalue weighted by Crippen LogP contribution is -2.21. The van der Waals surface area contributed by atoms with Gasteiger partial charge in [-0.05, 0) is 28.3 Å². The van der Waals surface area contributed by atoms with Gasteiger partial charge in [-0.15, -0.1) is 12.6 Å². The van der Waals surface area contributed by atoms with E-state index in [1.807, 2.05) is 66.7 Å². The van der Waals surface area contributed by atoms with Gasteiger partial charge in [-0.1, -0.05) is 79.4 Å². The van der Waals surface area contributed by atoms with E-state index >= 15 is 0 Å². The summed E-state index contributed by atoms with van der Waals surface area (Å²) in [6, 6.07) is 25.7. The Kier molecular flexibility index (Phi) is 9.48. The molecule has 5 nitrogen and oxygen atoms in total. The van der Waals surface area contributed by atoms with Gasteiger partial charge >= 0.3 is 21.6 Å². The van der Waals surface area contributed by atoms with Crippen molar-refractivity contribution in [2.45, 2.75) is 23.4 Å². The maximum atomic E-state index is 12.2. The molecule has 0 saturated carbocycles. The summed E-state index contributed by atoms with van der Waals surface area (Å²) in [5.74, 6) is -0.373. The van der Waals surface area contributed by atoms with Crippen molar-refractivity contribution in [3.8, 4) is 11.1 Å². The van der Waals surface area contributed by atoms with Crippen molar-refractivity contribution in [1.82, 2.24) is 0 Å². The molecule has 0 saturated heterocycles. The molecule has 10 heteroatoms. The largest absolute Gasteiger partial charge is 0.522 e. The van der Waals surface area contributed by atoms with Crippen molar-refractivity contribution < 1.29 is 35.7 Å². The van der Waals surface area contributed by atoms with E-state index in [9.17, 15) is 18.0 Å². The molecule has 0 bridgehead atoms. The predicted octanol–water partition coefficient (Wildman–Crippen LogP) is 5.88. The third-order valence-corrected chi connectivity index (χ3v) is 5.31. The van der Waals surface area contributed by atoms with E-state index in [0.717, 1.165) is 27.1 Å². The highest BCUT2D eigenvalue weighted by Crippen LogP contribution is 2.28. The molecule has 0 heterocycles. The first-order chi connectivity index (χ1) is 15.9. The molecule has 180 valence electrons. The van der Waals surface area contributed by atoms with Gasteiger partial charge in [0, 0.05) is 16.9 Å². The van der Waals surface area contributed by atoms with E-state index < -0.39 is 15.6 Å². The van der Waals surface area contributed by atoms with E-state index in [4.69, 9.17) is 17.7 Å². The predicted molar refractivity (Wildman–Crippen MR) is 126 cm³/mol. The highest BCUT2D eigenvalue weighted by atomic mass is 32.2. The topological polar surface area (TPSA) is 80.7 Å². The highest BCUT2D eigenvalue weighted by Gasteiger charge is 2.44. The number of carbonyl (C=O) groups is 1. The van der Waals surface area contributed by atoms with E-state index in [0.29, 0.717) is 12.0 Å². The zero-order valence-corrected chi connectivity index (χ0v) is 19.4. The van der Waals surface area contributed by atoms with Gasteiger partial charge in [0.1, 0.15) is 6.61 Å². The summed E-state index contributed by atoms with van der Waals surface area (Å²) in [6.45, 7) is 4.13. The van der Waals surface area contributed by atoms with Gasteiger partial charge in [-0.2, -0.15) is 21.6 Å². The van der Waals surface area contributed by atoms with Gasteiger partial charge < -0.3 is 4.74 Å². The smallest absolute Gasteiger partial charge is 0.457 e. The third kappa shape index (κ3) is 8.36. The number of halogens is 3. The molecule has 0 aliphatic rings. The standard InChI is InChI=1S/C23H20O2S.CHF3O3S/c1-17(23(24)25-16-18-8-4-2-5-9-18)14-19-12-13-21(22(26)15-19)20-10-6-3-7-11-20;2-1(3,4)8(5,6)7/h2-13,15,26H,1,14,16H2;(H,5,6,7). The Hall–Kier alpha value is -3.08. The van der Waals surface area contributed by atoms with Gasteiger partial charge in [0.15, 0.2) is 0 Å². The third-order valence-electron chi connectivity index (χ3n) is 4.36. The van der Waals surface area contributed by atoms with Crippen molar-refractivity contribution in [1.29, 1.82) is 0 Å². The van der Waals surface area contributed by atoms with Crippen molar-refractivity contribution in [3.05, 3.63) is 102 Å². The van der Waals surface area contributed by atoms with Crippen LogP contribution in [0.15, 0.2) is 95.9 Å². The Morgan fingerprint density at radius 1 is 0.941 bits per heavy atom. The molecule has 0 unspecified atom stereocenters. The summed E-state index contributed by atoms with van der Waals surface area (Å²) in [4.78, 5) is 13.0. The molecule has 34 heavy (non-hydrogen) atoms. The van der Waals surface area contributed by atoms with E-state index in [1.54, 1.807) is 0 Å². The number of ether oxygens (including phenoxy) is 1. The minimum atomic E-state index is -5.84. The van der Waals surface area contributed by atoms with Gasteiger partial charge in [0.25, 0.3) is 0 Å². The van der Waals surface area contributed by atoms with Gasteiger partial charge in [0.2, 0.25) is 0 Å². The van der Waals surface area contributed by atoms with Crippen LogP contribution in [0, 0.1) is 0 Å². The first kappa shape index (κ1) is 27.2. The van der Waals surface area contributed by atoms with Crippen LogP contribution < -0.4 is 0 Å². The number of esters is 1. The summed E-state index contributed by atoms with van der Waals surface area (Å²) >= 11 is 4.60. The molecule has 0 aromatic heterocycles. The fourth-order valence-corrected chi connectivity index (χ4v) is 3.06. The van der Waals surface area contributed by atoms with Crippen LogP contribution in [-0.4, -0.2) is 24.4 Å². The molecule has 0 spiro atoms. The molecule has 0 aliphatic heterocycles. The first-order valence-corrected chi connectivity index (χ1v) is 11.6. The number of thiol groups is 1. The zero-order chi connectivity index (χ0) is 25.4. The van der Waals surface area contributed by atoms with Crippen molar-refractivity contribution >= 4 is 28.7 Å². The Morgan fingerprint density at radius 3 is 1.97 bits per heavy atom. The minimum Gasteiger partial charge on any atom is -0.457 e. The van der Waals surface area contributed by atoms with Crippen LogP contribution in [-0.2, 0) is 32.7 Å². The number of carbonyl (C=O) groups excluding carboxylic acids is 1. The van der Waals surface area contributed by atoms with Gasteiger partial charge in [-0.25, -0.2) is 4.79 Å². The highest BCUT2D eigenvalue weighted by molar-refractivity contribution is 7.86. The van der Waals surface area contributed by atoms with E-state index in [1.165, 1.54) is 0 Å². The second-order valence-electron chi connectivity index (χ2n) is 6.98. The fraction of sp³-hybridized carbons (Fsp3) is 0.125. The lowest BCUT2D eigenvalue weighted by molar-refractivity contribution is -0.140. The lowest BCUT2D eigenvalue weighted by Gasteiger charge is -2.10. The van der Waals surface area contributed by atoms with Gasteiger partial charge in [-0.3, -0.25) is 4.55 Å². The average Bonchev–Trinajstić information content (AvgIpc) is 2.78. The molecular weight excluding hydrogens is 489 g/mol.